The van der Waals surface area contributed by atoms with Crippen molar-refractivity contribution in [3.63, 3.8) is 0 Å². The number of aryl methyl sites for hydroxylation is 1. The summed E-state index contributed by atoms with van der Waals surface area (Å²) in [4.78, 5) is 21.0. The number of aromatic nitrogens is 4. The number of nitrogens with one attached hydrogen (secondary N) is 1. The molecule has 0 aromatic carbocycles. The first kappa shape index (κ1) is 15.1. The van der Waals surface area contributed by atoms with Crippen LogP contribution in [0.2, 0.25) is 0 Å². The lowest BCUT2D eigenvalue weighted by Gasteiger charge is -2.32. The van der Waals surface area contributed by atoms with E-state index >= 15 is 0 Å². The Balaban J connectivity index is 1.80. The molecule has 22 heavy (non-hydrogen) atoms. The predicted molar refractivity (Wildman–Crippen MR) is 84.4 cm³/mol. The lowest BCUT2D eigenvalue weighted by atomic mass is 9.90. The van der Waals surface area contributed by atoms with Gasteiger partial charge in [0.2, 0.25) is 5.91 Å². The fourth-order valence-corrected chi connectivity index (χ4v) is 4.08. The molecule has 0 bridgehead atoms. The highest BCUT2D eigenvalue weighted by molar-refractivity contribution is 7.09. The second-order valence-corrected chi connectivity index (χ2v) is 6.79. The molecule has 0 radical (unpaired) electrons. The molecular weight excluding hydrogens is 298 g/mol. The minimum Gasteiger partial charge on any atom is -0.343 e. The molecule has 118 valence electrons. The summed E-state index contributed by atoms with van der Waals surface area (Å²) in [5.41, 5.74) is 0.710. The lowest BCUT2D eigenvalue weighted by Crippen LogP contribution is -2.46. The second kappa shape index (κ2) is 6.56. The van der Waals surface area contributed by atoms with E-state index in [4.69, 9.17) is 0 Å². The van der Waals surface area contributed by atoms with Crippen molar-refractivity contribution in [1.29, 1.82) is 0 Å². The van der Waals surface area contributed by atoms with E-state index in [1.807, 2.05) is 6.92 Å². The Kier molecular flexibility index (Phi) is 4.52. The van der Waals surface area contributed by atoms with E-state index in [9.17, 15) is 4.79 Å². The first-order valence-electron chi connectivity index (χ1n) is 7.74. The molecule has 2 heterocycles. The third-order valence-electron chi connectivity index (χ3n) is 4.14. The molecule has 1 aliphatic carbocycles. The van der Waals surface area contributed by atoms with Gasteiger partial charge in [0.1, 0.15) is 24.2 Å². The van der Waals surface area contributed by atoms with Crippen LogP contribution in [0, 0.1) is 6.92 Å². The Morgan fingerprint density at radius 3 is 2.73 bits per heavy atom. The van der Waals surface area contributed by atoms with Gasteiger partial charge in [-0.15, -0.1) is 11.3 Å². The summed E-state index contributed by atoms with van der Waals surface area (Å²) in [6.07, 6.45) is 9.64. The van der Waals surface area contributed by atoms with E-state index in [0.717, 1.165) is 36.4 Å². The normalized spacial score (nSPS) is 17.9. The number of carbonyl (C=O) groups excluding carboxylic acids is 1. The van der Waals surface area contributed by atoms with Gasteiger partial charge in [-0.2, -0.15) is 5.10 Å². The van der Waals surface area contributed by atoms with Gasteiger partial charge in [0, 0.05) is 11.1 Å². The molecular formula is C15H21N5OS. The Hall–Kier alpha value is -1.76. The van der Waals surface area contributed by atoms with Crippen LogP contribution in [-0.2, 0) is 16.9 Å². The Morgan fingerprint density at radius 2 is 2.14 bits per heavy atom. The third kappa shape index (κ3) is 3.35. The summed E-state index contributed by atoms with van der Waals surface area (Å²) in [5, 5.41) is 10.4. The van der Waals surface area contributed by atoms with Crippen LogP contribution in [-0.4, -0.2) is 25.7 Å². The Labute approximate surface area is 134 Å². The van der Waals surface area contributed by atoms with Crippen LogP contribution in [0.15, 0.2) is 18.0 Å². The maximum absolute atomic E-state index is 12.5. The molecule has 3 rings (SSSR count). The maximum Gasteiger partial charge on any atom is 0.242 e. The fourth-order valence-electron chi connectivity index (χ4n) is 3.07. The van der Waals surface area contributed by atoms with E-state index < -0.39 is 0 Å². The van der Waals surface area contributed by atoms with Crippen LogP contribution in [0.3, 0.4) is 0 Å². The van der Waals surface area contributed by atoms with Crippen LogP contribution in [0.1, 0.15) is 49.2 Å². The van der Waals surface area contributed by atoms with Crippen molar-refractivity contribution < 1.29 is 4.79 Å². The fraction of sp³-hybridized carbons (Fsp3) is 0.600. The van der Waals surface area contributed by atoms with Gasteiger partial charge in [-0.05, 0) is 19.8 Å². The van der Waals surface area contributed by atoms with Gasteiger partial charge < -0.3 is 5.32 Å². The van der Waals surface area contributed by atoms with Gasteiger partial charge in [-0.3, -0.25) is 4.79 Å². The van der Waals surface area contributed by atoms with E-state index in [-0.39, 0.29) is 18.0 Å². The lowest BCUT2D eigenvalue weighted by molar-refractivity contribution is -0.124. The van der Waals surface area contributed by atoms with Crippen molar-refractivity contribution >= 4 is 17.2 Å². The number of rotatable bonds is 4. The predicted octanol–water partition coefficient (Wildman–Crippen LogP) is 2.41. The highest BCUT2D eigenvalue weighted by Crippen LogP contribution is 2.37. The van der Waals surface area contributed by atoms with Crippen LogP contribution in [0.5, 0.6) is 0 Å². The molecule has 6 nitrogen and oxygen atoms in total. The minimum absolute atomic E-state index is 0.0275. The molecule has 0 atom stereocenters. The summed E-state index contributed by atoms with van der Waals surface area (Å²) in [6, 6.07) is 0. The van der Waals surface area contributed by atoms with Gasteiger partial charge in [0.25, 0.3) is 0 Å². The third-order valence-corrected chi connectivity index (χ3v) is 5.30. The highest BCUT2D eigenvalue weighted by Gasteiger charge is 2.37. The summed E-state index contributed by atoms with van der Waals surface area (Å²) in [7, 11) is 0. The molecule has 1 saturated carbocycles. The number of hydrogen-bond acceptors (Lipinski definition) is 5. The van der Waals surface area contributed by atoms with Crippen LogP contribution in [0.25, 0.3) is 0 Å². The van der Waals surface area contributed by atoms with Crippen molar-refractivity contribution in [2.24, 2.45) is 0 Å². The molecule has 0 spiro atoms. The molecule has 7 heteroatoms. The van der Waals surface area contributed by atoms with Gasteiger partial charge in [-0.25, -0.2) is 14.6 Å². The zero-order valence-corrected chi connectivity index (χ0v) is 13.6. The molecule has 1 aliphatic rings. The largest absolute Gasteiger partial charge is 0.343 e. The van der Waals surface area contributed by atoms with E-state index in [1.54, 1.807) is 22.3 Å². The summed E-state index contributed by atoms with van der Waals surface area (Å²) < 4.78 is 1.55. The first-order chi connectivity index (χ1) is 10.7. The second-order valence-electron chi connectivity index (χ2n) is 5.93. The van der Waals surface area contributed by atoms with Crippen LogP contribution in [0.4, 0.5) is 0 Å². The molecule has 0 saturated heterocycles. The van der Waals surface area contributed by atoms with E-state index in [2.05, 4.69) is 25.8 Å². The Bertz CT molecular complexity index is 614. The number of carbonyl (C=O) groups is 1. The van der Waals surface area contributed by atoms with Gasteiger partial charge in [0.05, 0.1) is 5.54 Å². The van der Waals surface area contributed by atoms with E-state index in [0.29, 0.717) is 0 Å². The maximum atomic E-state index is 12.5. The van der Waals surface area contributed by atoms with E-state index in [1.165, 1.54) is 19.2 Å². The van der Waals surface area contributed by atoms with Crippen molar-refractivity contribution in [1.82, 2.24) is 25.1 Å². The number of nitrogens with zero attached hydrogens (tertiary/aromatic N) is 4. The number of hydrogen-bond donors (Lipinski definition) is 1. The van der Waals surface area contributed by atoms with Gasteiger partial charge >= 0.3 is 0 Å². The van der Waals surface area contributed by atoms with Crippen molar-refractivity contribution in [2.75, 3.05) is 0 Å². The van der Waals surface area contributed by atoms with Crippen molar-refractivity contribution in [3.8, 4) is 0 Å². The van der Waals surface area contributed by atoms with Crippen LogP contribution < -0.4 is 5.32 Å². The van der Waals surface area contributed by atoms with Gasteiger partial charge in [0.15, 0.2) is 0 Å². The number of thiazole rings is 1. The monoisotopic (exact) mass is 319 g/mol. The SMILES string of the molecule is Cc1csc(C2(NC(=O)Cn3cncn3)CCCCCC2)n1. The standard InChI is InChI=1S/C15H21N5OS/c1-12-9-22-14(18-12)15(6-4-2-3-5-7-15)19-13(21)8-20-11-16-10-17-20/h9-11H,2-8H2,1H3,(H,19,21). The topological polar surface area (TPSA) is 72.7 Å². The summed E-state index contributed by atoms with van der Waals surface area (Å²) in [6.45, 7) is 2.20. The van der Waals surface area contributed by atoms with Crippen molar-refractivity contribution in [3.05, 3.63) is 28.7 Å². The summed E-state index contributed by atoms with van der Waals surface area (Å²) in [5.74, 6) is -0.0275. The zero-order valence-electron chi connectivity index (χ0n) is 12.8. The van der Waals surface area contributed by atoms with Gasteiger partial charge in [-0.1, -0.05) is 25.7 Å². The quantitative estimate of drug-likeness (QED) is 0.878. The smallest absolute Gasteiger partial charge is 0.242 e. The molecule has 2 aromatic heterocycles. The molecule has 0 aliphatic heterocycles. The summed E-state index contributed by atoms with van der Waals surface area (Å²) >= 11 is 1.65. The molecule has 2 aromatic rings. The molecule has 1 fully saturated rings. The number of amides is 1. The van der Waals surface area contributed by atoms with Crippen molar-refractivity contribution in [2.45, 2.75) is 57.5 Å². The zero-order chi connectivity index (χ0) is 15.4. The Morgan fingerprint density at radius 1 is 1.36 bits per heavy atom. The average Bonchev–Trinajstić information content (AvgIpc) is 3.08. The highest BCUT2D eigenvalue weighted by atomic mass is 32.1. The average molecular weight is 319 g/mol. The molecule has 0 unspecified atom stereocenters. The minimum atomic E-state index is -0.312. The van der Waals surface area contributed by atoms with Crippen LogP contribution >= 0.6 is 11.3 Å². The molecule has 1 amide bonds. The first-order valence-corrected chi connectivity index (χ1v) is 8.62. The molecule has 1 N–H and O–H groups in total.